The summed E-state index contributed by atoms with van der Waals surface area (Å²) < 4.78 is 31.7. The zero-order chi connectivity index (χ0) is 26.4. The molecule has 8 nitrogen and oxygen atoms in total. The molecule has 2 atom stereocenters. The second kappa shape index (κ2) is 9.66. The van der Waals surface area contributed by atoms with E-state index in [0.717, 1.165) is 25.0 Å². The summed E-state index contributed by atoms with van der Waals surface area (Å²) in [6.45, 7) is 12.1. The summed E-state index contributed by atoms with van der Waals surface area (Å²) >= 11 is 0. The molecule has 1 N–H and O–H groups in total. The van der Waals surface area contributed by atoms with Gasteiger partial charge in [-0.1, -0.05) is 0 Å². The summed E-state index contributed by atoms with van der Waals surface area (Å²) in [5.41, 5.74) is 2.22. The Bertz CT molecular complexity index is 1420. The van der Waals surface area contributed by atoms with Gasteiger partial charge < -0.3 is 14.8 Å². The molecule has 1 fully saturated rings. The highest BCUT2D eigenvalue weighted by Gasteiger charge is 2.26. The summed E-state index contributed by atoms with van der Waals surface area (Å²) in [5, 5.41) is 3.04. The number of aryl methyl sites for hydroxylation is 1. The lowest BCUT2D eigenvalue weighted by Crippen LogP contribution is -2.55. The highest BCUT2D eigenvalue weighted by molar-refractivity contribution is 5.83. The minimum Gasteiger partial charge on any atom is -0.367 e. The molecule has 1 aliphatic rings. The van der Waals surface area contributed by atoms with Crippen molar-refractivity contribution in [3.05, 3.63) is 54.1 Å². The van der Waals surface area contributed by atoms with E-state index in [4.69, 9.17) is 0 Å². The third-order valence-electron chi connectivity index (χ3n) is 7.17. The van der Waals surface area contributed by atoms with Crippen LogP contribution in [0.5, 0.6) is 0 Å². The number of halogens is 2. The molecule has 10 heteroatoms. The lowest BCUT2D eigenvalue weighted by molar-refractivity contribution is 0.170. The number of hydrogen-bond acceptors (Lipinski definition) is 7. The van der Waals surface area contributed by atoms with E-state index in [9.17, 15) is 8.78 Å². The van der Waals surface area contributed by atoms with Gasteiger partial charge in [0.25, 0.3) is 0 Å². The maximum atomic E-state index is 15.0. The van der Waals surface area contributed by atoms with E-state index in [1.165, 1.54) is 6.07 Å². The summed E-state index contributed by atoms with van der Waals surface area (Å²) in [4.78, 5) is 22.0. The second-order valence-electron chi connectivity index (χ2n) is 10.1. The van der Waals surface area contributed by atoms with Crippen molar-refractivity contribution in [3.63, 3.8) is 0 Å². The normalized spacial score (nSPS) is 18.7. The largest absolute Gasteiger partial charge is 0.367 e. The molecular formula is C27H32F2N8. The van der Waals surface area contributed by atoms with Crippen molar-refractivity contribution in [2.45, 2.75) is 52.7 Å². The third-order valence-corrected chi connectivity index (χ3v) is 7.17. The average molecular weight is 507 g/mol. The topological polar surface area (TPSA) is 75.0 Å². The maximum Gasteiger partial charge on any atom is 0.229 e. The van der Waals surface area contributed by atoms with Crippen LogP contribution in [0.4, 0.5) is 26.2 Å². The third kappa shape index (κ3) is 4.73. The lowest BCUT2D eigenvalue weighted by atomic mass is 10.1. The van der Waals surface area contributed by atoms with Crippen LogP contribution in [0.2, 0.25) is 0 Å². The molecule has 0 amide bonds. The van der Waals surface area contributed by atoms with Crippen LogP contribution in [0.15, 0.2) is 36.7 Å². The summed E-state index contributed by atoms with van der Waals surface area (Å²) in [6.07, 6.45) is 2.90. The summed E-state index contributed by atoms with van der Waals surface area (Å²) in [5.74, 6) is 0.242. The predicted molar refractivity (Wildman–Crippen MR) is 142 cm³/mol. The Labute approximate surface area is 215 Å². The molecule has 1 aromatic carbocycles. The fourth-order valence-corrected chi connectivity index (χ4v) is 5.06. The molecule has 0 bridgehead atoms. The first-order valence-electron chi connectivity index (χ1n) is 12.5. The van der Waals surface area contributed by atoms with Crippen molar-refractivity contribution < 1.29 is 8.78 Å². The number of aromatic nitrogens is 5. The number of hydrogen-bond donors (Lipinski definition) is 1. The van der Waals surface area contributed by atoms with Gasteiger partial charge in [-0.15, -0.1) is 0 Å². The first kappa shape index (κ1) is 25.0. The molecule has 4 heterocycles. The van der Waals surface area contributed by atoms with Crippen molar-refractivity contribution in [1.29, 1.82) is 0 Å². The van der Waals surface area contributed by atoms with Gasteiger partial charge in [0.1, 0.15) is 22.9 Å². The van der Waals surface area contributed by atoms with Crippen LogP contribution in [0.25, 0.3) is 22.3 Å². The Balaban J connectivity index is 1.41. The number of nitrogens with one attached hydrogen (secondary N) is 1. The number of pyridine rings is 1. The number of rotatable bonds is 5. The smallest absolute Gasteiger partial charge is 0.229 e. The highest BCUT2D eigenvalue weighted by Crippen LogP contribution is 2.30. The SMILES string of the molecule is Cc1nc2c(F)cc(-c3nc(Nc4ccc(N5CC(C)N(C)C(C)C5)cn4)ncc3F)cc2n1C(C)C. The number of imidazole rings is 1. The Kier molecular flexibility index (Phi) is 6.53. The van der Waals surface area contributed by atoms with Gasteiger partial charge in [0.15, 0.2) is 11.6 Å². The van der Waals surface area contributed by atoms with Crippen LogP contribution in [0.1, 0.15) is 39.6 Å². The highest BCUT2D eigenvalue weighted by atomic mass is 19.1. The van der Waals surface area contributed by atoms with Gasteiger partial charge in [-0.2, -0.15) is 0 Å². The van der Waals surface area contributed by atoms with Gasteiger partial charge in [0.05, 0.1) is 23.6 Å². The zero-order valence-corrected chi connectivity index (χ0v) is 22.0. The van der Waals surface area contributed by atoms with Crippen LogP contribution in [0.3, 0.4) is 0 Å². The number of piperazine rings is 1. The lowest BCUT2D eigenvalue weighted by Gasteiger charge is -2.43. The number of benzene rings is 1. The van der Waals surface area contributed by atoms with Crippen LogP contribution in [-0.4, -0.2) is 61.6 Å². The summed E-state index contributed by atoms with van der Waals surface area (Å²) in [7, 11) is 2.15. The van der Waals surface area contributed by atoms with Gasteiger partial charge in [-0.05, 0) is 65.9 Å². The van der Waals surface area contributed by atoms with Crippen molar-refractivity contribution in [3.8, 4) is 11.3 Å². The Hall–Kier alpha value is -3.66. The zero-order valence-electron chi connectivity index (χ0n) is 22.0. The first-order chi connectivity index (χ1) is 17.6. The molecular weight excluding hydrogens is 474 g/mol. The molecule has 3 aromatic heterocycles. The maximum absolute atomic E-state index is 15.0. The average Bonchev–Trinajstić information content (AvgIpc) is 3.20. The second-order valence-corrected chi connectivity index (χ2v) is 10.1. The molecule has 4 aromatic rings. The molecule has 5 rings (SSSR count). The van der Waals surface area contributed by atoms with Crippen molar-refractivity contribution in [2.24, 2.45) is 0 Å². The molecule has 37 heavy (non-hydrogen) atoms. The molecule has 1 saturated heterocycles. The molecule has 194 valence electrons. The number of fused-ring (bicyclic) bond motifs is 1. The van der Waals surface area contributed by atoms with E-state index < -0.39 is 11.6 Å². The molecule has 0 saturated carbocycles. The van der Waals surface area contributed by atoms with Crippen LogP contribution in [-0.2, 0) is 0 Å². The van der Waals surface area contributed by atoms with Crippen LogP contribution >= 0.6 is 0 Å². The number of anilines is 3. The predicted octanol–water partition coefficient (Wildman–Crippen LogP) is 5.33. The Morgan fingerprint density at radius 3 is 2.35 bits per heavy atom. The van der Waals surface area contributed by atoms with Crippen LogP contribution in [0, 0.1) is 18.6 Å². The first-order valence-corrected chi connectivity index (χ1v) is 12.5. The number of likely N-dealkylation sites (N-methyl/N-ethyl adjacent to an activating group) is 1. The fourth-order valence-electron chi connectivity index (χ4n) is 5.06. The molecule has 0 radical (unpaired) electrons. The molecule has 0 spiro atoms. The Morgan fingerprint density at radius 1 is 0.973 bits per heavy atom. The quantitative estimate of drug-likeness (QED) is 0.392. The van der Waals surface area contributed by atoms with Crippen molar-refractivity contribution in [2.75, 3.05) is 30.4 Å². The van der Waals surface area contributed by atoms with Gasteiger partial charge >= 0.3 is 0 Å². The number of nitrogens with zero attached hydrogens (tertiary/aromatic N) is 7. The minimum atomic E-state index is -0.641. The van der Waals surface area contributed by atoms with E-state index in [1.54, 1.807) is 6.07 Å². The molecule has 2 unspecified atom stereocenters. The fraction of sp³-hybridized carbons (Fsp3) is 0.407. The monoisotopic (exact) mass is 506 g/mol. The van der Waals surface area contributed by atoms with Crippen molar-refractivity contribution >= 4 is 28.5 Å². The van der Waals surface area contributed by atoms with E-state index in [1.807, 2.05) is 43.7 Å². The van der Waals surface area contributed by atoms with E-state index in [0.29, 0.717) is 34.8 Å². The molecule has 0 aliphatic carbocycles. The van der Waals surface area contributed by atoms with E-state index in [2.05, 4.69) is 55.9 Å². The van der Waals surface area contributed by atoms with Crippen molar-refractivity contribution in [1.82, 2.24) is 29.4 Å². The van der Waals surface area contributed by atoms with Gasteiger partial charge in [0, 0.05) is 36.8 Å². The van der Waals surface area contributed by atoms with E-state index in [-0.39, 0.29) is 23.2 Å². The standard InChI is InChI=1S/C27H32F2N8/c1-15(2)37-18(5)32-26-21(28)9-19(10-23(26)37)25-22(29)12-31-27(34-25)33-24-8-7-20(11-30-24)36-13-16(3)35(6)17(4)14-36/h7-12,15-17H,13-14H2,1-6H3,(H,30,31,33,34). The van der Waals surface area contributed by atoms with Gasteiger partial charge in [0.2, 0.25) is 5.95 Å². The Morgan fingerprint density at radius 2 is 1.70 bits per heavy atom. The van der Waals surface area contributed by atoms with Gasteiger partial charge in [-0.25, -0.2) is 28.7 Å². The van der Waals surface area contributed by atoms with Crippen LogP contribution < -0.4 is 10.2 Å². The molecule has 1 aliphatic heterocycles. The minimum absolute atomic E-state index is 0.00416. The van der Waals surface area contributed by atoms with E-state index >= 15 is 0 Å². The summed E-state index contributed by atoms with van der Waals surface area (Å²) in [6, 6.07) is 7.80. The van der Waals surface area contributed by atoms with Gasteiger partial charge in [-0.3, -0.25) is 4.90 Å².